The van der Waals surface area contributed by atoms with E-state index in [4.69, 9.17) is 4.74 Å². The zero-order valence-corrected chi connectivity index (χ0v) is 11.2. The number of carbonyl (C=O) groups is 3. The van der Waals surface area contributed by atoms with Crippen LogP contribution in [0.25, 0.3) is 0 Å². The minimum atomic E-state index is -1.03. The summed E-state index contributed by atoms with van der Waals surface area (Å²) in [4.78, 5) is 35.6. The molecule has 0 aliphatic carbocycles. The van der Waals surface area contributed by atoms with Gasteiger partial charge in [0, 0.05) is 18.4 Å². The fourth-order valence-electron chi connectivity index (χ4n) is 1.70. The first-order chi connectivity index (χ1) is 9.10. The largest absolute Gasteiger partial charge is 0.465 e. The average molecular weight is 262 g/mol. The molecular formula is C15H18O4. The molecule has 1 aromatic carbocycles. The fourth-order valence-corrected chi connectivity index (χ4v) is 1.70. The molecule has 4 nitrogen and oxygen atoms in total. The van der Waals surface area contributed by atoms with E-state index in [1.165, 1.54) is 0 Å². The number of ketones is 2. The van der Waals surface area contributed by atoms with Gasteiger partial charge < -0.3 is 4.74 Å². The van der Waals surface area contributed by atoms with Crippen molar-refractivity contribution >= 4 is 17.5 Å². The Labute approximate surface area is 112 Å². The summed E-state index contributed by atoms with van der Waals surface area (Å²) in [6.07, 6.45) is 0.209. The van der Waals surface area contributed by atoms with Crippen LogP contribution < -0.4 is 0 Å². The molecule has 0 aromatic heterocycles. The molecule has 0 fully saturated rings. The summed E-state index contributed by atoms with van der Waals surface area (Å²) in [6.45, 7) is 3.57. The molecule has 0 aliphatic rings. The zero-order valence-electron chi connectivity index (χ0n) is 11.2. The van der Waals surface area contributed by atoms with Gasteiger partial charge in [-0.15, -0.1) is 0 Å². The summed E-state index contributed by atoms with van der Waals surface area (Å²) in [5, 5.41) is 0. The maximum Gasteiger partial charge on any atom is 0.317 e. The molecule has 0 bridgehead atoms. The van der Waals surface area contributed by atoms with Crippen LogP contribution >= 0.6 is 0 Å². The Morgan fingerprint density at radius 2 is 1.74 bits per heavy atom. The summed E-state index contributed by atoms with van der Waals surface area (Å²) in [5.41, 5.74) is 0.421. The number of esters is 1. The Morgan fingerprint density at radius 3 is 2.26 bits per heavy atom. The molecule has 1 rings (SSSR count). The van der Waals surface area contributed by atoms with E-state index < -0.39 is 11.9 Å². The van der Waals surface area contributed by atoms with Crippen molar-refractivity contribution in [3.8, 4) is 0 Å². The highest BCUT2D eigenvalue weighted by molar-refractivity contribution is 6.10. The van der Waals surface area contributed by atoms with Gasteiger partial charge in [0.1, 0.15) is 11.7 Å². The first-order valence-electron chi connectivity index (χ1n) is 6.37. The van der Waals surface area contributed by atoms with Crippen molar-refractivity contribution in [2.75, 3.05) is 6.61 Å². The number of rotatable bonds is 7. The van der Waals surface area contributed by atoms with E-state index in [2.05, 4.69) is 0 Å². The molecule has 1 unspecified atom stereocenters. The van der Waals surface area contributed by atoms with E-state index >= 15 is 0 Å². The van der Waals surface area contributed by atoms with E-state index in [1.807, 2.05) is 0 Å². The van der Waals surface area contributed by atoms with Gasteiger partial charge >= 0.3 is 5.97 Å². The second kappa shape index (κ2) is 7.46. The van der Waals surface area contributed by atoms with Gasteiger partial charge in [-0.1, -0.05) is 37.3 Å². The topological polar surface area (TPSA) is 60.4 Å². The number of carbonyl (C=O) groups excluding carboxylic acids is 3. The van der Waals surface area contributed by atoms with Crippen LogP contribution in [0, 0.1) is 5.92 Å². The summed E-state index contributed by atoms with van der Waals surface area (Å²) in [5.74, 6) is -2.14. The third kappa shape index (κ3) is 4.32. The van der Waals surface area contributed by atoms with Crippen LogP contribution in [0.5, 0.6) is 0 Å². The Hall–Kier alpha value is -1.97. The SMILES string of the molecule is CCOC(=O)C(CC(=O)CC)C(=O)c1ccccc1. The maximum absolute atomic E-state index is 12.3. The lowest BCUT2D eigenvalue weighted by Gasteiger charge is -2.13. The van der Waals surface area contributed by atoms with Gasteiger partial charge in [0.25, 0.3) is 0 Å². The lowest BCUT2D eigenvalue weighted by Crippen LogP contribution is -2.28. The summed E-state index contributed by atoms with van der Waals surface area (Å²) < 4.78 is 4.88. The molecule has 0 amide bonds. The molecule has 0 radical (unpaired) electrons. The highest BCUT2D eigenvalue weighted by Gasteiger charge is 2.30. The summed E-state index contributed by atoms with van der Waals surface area (Å²) in [7, 11) is 0. The van der Waals surface area contributed by atoms with E-state index in [-0.39, 0.29) is 24.6 Å². The van der Waals surface area contributed by atoms with E-state index in [0.717, 1.165) is 0 Å². The molecule has 0 saturated carbocycles. The molecule has 1 aromatic rings. The quantitative estimate of drug-likeness (QED) is 0.430. The summed E-state index contributed by atoms with van der Waals surface area (Å²) in [6, 6.07) is 8.48. The van der Waals surface area contributed by atoms with Crippen LogP contribution in [-0.2, 0) is 14.3 Å². The van der Waals surface area contributed by atoms with Gasteiger partial charge in [0.2, 0.25) is 0 Å². The maximum atomic E-state index is 12.3. The van der Waals surface area contributed by atoms with Crippen LogP contribution in [0.2, 0.25) is 0 Å². The molecule has 0 spiro atoms. The van der Waals surface area contributed by atoms with Crippen LogP contribution in [0.4, 0.5) is 0 Å². The van der Waals surface area contributed by atoms with E-state index in [9.17, 15) is 14.4 Å². The van der Waals surface area contributed by atoms with Crippen molar-refractivity contribution in [1.82, 2.24) is 0 Å². The van der Waals surface area contributed by atoms with Crippen LogP contribution in [0.15, 0.2) is 30.3 Å². The van der Waals surface area contributed by atoms with Crippen molar-refractivity contribution in [3.63, 3.8) is 0 Å². The first-order valence-corrected chi connectivity index (χ1v) is 6.37. The number of Topliss-reactive ketones (excluding diaryl/α,β-unsaturated/α-hetero) is 2. The van der Waals surface area contributed by atoms with Crippen molar-refractivity contribution < 1.29 is 19.1 Å². The number of ether oxygens (including phenoxy) is 1. The van der Waals surface area contributed by atoms with Gasteiger partial charge in [-0.05, 0) is 6.92 Å². The molecule has 102 valence electrons. The van der Waals surface area contributed by atoms with Crippen LogP contribution in [-0.4, -0.2) is 24.1 Å². The molecule has 0 aliphatic heterocycles. The predicted octanol–water partition coefficient (Wildman–Crippen LogP) is 2.42. The van der Waals surface area contributed by atoms with Crippen molar-refractivity contribution in [1.29, 1.82) is 0 Å². The van der Waals surface area contributed by atoms with Gasteiger partial charge in [0.15, 0.2) is 5.78 Å². The third-order valence-electron chi connectivity index (χ3n) is 2.77. The Balaban J connectivity index is 2.92. The molecule has 19 heavy (non-hydrogen) atoms. The molecule has 0 N–H and O–H groups in total. The summed E-state index contributed by atoms with van der Waals surface area (Å²) >= 11 is 0. The zero-order chi connectivity index (χ0) is 14.3. The third-order valence-corrected chi connectivity index (χ3v) is 2.77. The van der Waals surface area contributed by atoms with Crippen LogP contribution in [0.3, 0.4) is 0 Å². The van der Waals surface area contributed by atoms with Crippen molar-refractivity contribution in [3.05, 3.63) is 35.9 Å². The van der Waals surface area contributed by atoms with Crippen LogP contribution in [0.1, 0.15) is 37.0 Å². The minimum absolute atomic E-state index is 0.0942. The molecule has 0 saturated heterocycles. The second-order valence-electron chi connectivity index (χ2n) is 4.13. The number of benzene rings is 1. The van der Waals surface area contributed by atoms with E-state index in [0.29, 0.717) is 12.0 Å². The molecule has 0 heterocycles. The predicted molar refractivity (Wildman–Crippen MR) is 70.8 cm³/mol. The van der Waals surface area contributed by atoms with Gasteiger partial charge in [0.05, 0.1) is 6.61 Å². The average Bonchev–Trinajstić information content (AvgIpc) is 2.44. The highest BCUT2D eigenvalue weighted by Crippen LogP contribution is 2.16. The number of hydrogen-bond donors (Lipinski definition) is 0. The van der Waals surface area contributed by atoms with Gasteiger partial charge in [-0.25, -0.2) is 0 Å². The Bertz CT molecular complexity index is 450. The molecule has 1 atom stereocenters. The van der Waals surface area contributed by atoms with Crippen molar-refractivity contribution in [2.45, 2.75) is 26.7 Å². The first kappa shape index (κ1) is 15.1. The Kier molecular flexibility index (Phi) is 5.93. The fraction of sp³-hybridized carbons (Fsp3) is 0.400. The smallest absolute Gasteiger partial charge is 0.317 e. The lowest BCUT2D eigenvalue weighted by atomic mass is 9.92. The second-order valence-corrected chi connectivity index (χ2v) is 4.13. The van der Waals surface area contributed by atoms with Gasteiger partial charge in [-0.2, -0.15) is 0 Å². The number of hydrogen-bond acceptors (Lipinski definition) is 4. The molecule has 4 heteroatoms. The normalized spacial score (nSPS) is 11.7. The van der Waals surface area contributed by atoms with E-state index in [1.54, 1.807) is 44.2 Å². The highest BCUT2D eigenvalue weighted by atomic mass is 16.5. The van der Waals surface area contributed by atoms with Gasteiger partial charge in [-0.3, -0.25) is 14.4 Å². The minimum Gasteiger partial charge on any atom is -0.465 e. The molecular weight excluding hydrogens is 244 g/mol. The lowest BCUT2D eigenvalue weighted by molar-refractivity contribution is -0.147. The Morgan fingerprint density at radius 1 is 1.11 bits per heavy atom. The standard InChI is InChI=1S/C15H18O4/c1-3-12(16)10-13(15(18)19-4-2)14(17)11-8-6-5-7-9-11/h5-9,13H,3-4,10H2,1-2H3. The van der Waals surface area contributed by atoms with Crippen molar-refractivity contribution in [2.24, 2.45) is 5.92 Å². The monoisotopic (exact) mass is 262 g/mol.